The van der Waals surface area contributed by atoms with Crippen LogP contribution in [0.4, 0.5) is 11.4 Å². The minimum atomic E-state index is -0.542. The van der Waals surface area contributed by atoms with E-state index in [-0.39, 0.29) is 17.1 Å². The number of benzene rings is 2. The molecule has 0 saturated heterocycles. The van der Waals surface area contributed by atoms with Gasteiger partial charge in [0.05, 0.1) is 4.92 Å². The Bertz CT molecular complexity index is 1130. The number of rotatable bonds is 6. The maximum absolute atomic E-state index is 12.3. The molecule has 8 heteroatoms. The molecule has 3 rings (SSSR count). The molecule has 1 aromatic heterocycles. The summed E-state index contributed by atoms with van der Waals surface area (Å²) >= 11 is 0. The van der Waals surface area contributed by atoms with E-state index in [2.05, 4.69) is 10.3 Å². The molecule has 1 amide bonds. The summed E-state index contributed by atoms with van der Waals surface area (Å²) in [6, 6.07) is 18.5. The zero-order valence-corrected chi connectivity index (χ0v) is 15.9. The summed E-state index contributed by atoms with van der Waals surface area (Å²) in [5, 5.41) is 22.7. The number of nitrogens with zero attached hydrogens (tertiary/aromatic N) is 3. The van der Waals surface area contributed by atoms with Crippen LogP contribution < -0.4 is 10.1 Å². The van der Waals surface area contributed by atoms with Gasteiger partial charge in [0, 0.05) is 17.8 Å². The van der Waals surface area contributed by atoms with Crippen molar-refractivity contribution in [2.75, 3.05) is 5.32 Å². The van der Waals surface area contributed by atoms with Crippen LogP contribution in [-0.2, 0) is 4.79 Å². The summed E-state index contributed by atoms with van der Waals surface area (Å²) in [6.45, 7) is 1.94. The van der Waals surface area contributed by atoms with Crippen LogP contribution in [0.25, 0.3) is 6.08 Å². The first-order chi connectivity index (χ1) is 14.4. The first kappa shape index (κ1) is 20.2. The molecule has 1 N–H and O–H groups in total. The van der Waals surface area contributed by atoms with E-state index < -0.39 is 10.8 Å². The fourth-order valence-electron chi connectivity index (χ4n) is 2.44. The Morgan fingerprint density at radius 2 is 1.83 bits per heavy atom. The van der Waals surface area contributed by atoms with Crippen molar-refractivity contribution in [3.05, 3.63) is 93.7 Å². The molecule has 2 aromatic carbocycles. The van der Waals surface area contributed by atoms with Crippen LogP contribution in [-0.4, -0.2) is 15.8 Å². The van der Waals surface area contributed by atoms with Crippen molar-refractivity contribution in [1.29, 1.82) is 5.26 Å². The second-order valence-electron chi connectivity index (χ2n) is 6.27. The largest absolute Gasteiger partial charge is 0.439 e. The van der Waals surface area contributed by atoms with E-state index >= 15 is 0 Å². The Balaban J connectivity index is 1.68. The average Bonchev–Trinajstić information content (AvgIpc) is 2.75. The molecule has 3 aromatic rings. The normalized spacial score (nSPS) is 10.7. The lowest BCUT2D eigenvalue weighted by atomic mass is 10.1. The van der Waals surface area contributed by atoms with Gasteiger partial charge in [-0.2, -0.15) is 5.26 Å². The molecule has 8 nitrogen and oxygen atoms in total. The molecular weight excluding hydrogens is 384 g/mol. The number of carbonyl (C=O) groups excluding carboxylic acids is 1. The summed E-state index contributed by atoms with van der Waals surface area (Å²) in [7, 11) is 0. The lowest BCUT2D eigenvalue weighted by Crippen LogP contribution is -2.13. The van der Waals surface area contributed by atoms with Gasteiger partial charge in [-0.15, -0.1) is 0 Å². The first-order valence-electron chi connectivity index (χ1n) is 8.83. The summed E-state index contributed by atoms with van der Waals surface area (Å²) in [4.78, 5) is 26.3. The number of anilines is 1. The number of ether oxygens (including phenoxy) is 1. The number of nitriles is 1. The smallest absolute Gasteiger partial charge is 0.287 e. The van der Waals surface area contributed by atoms with Gasteiger partial charge < -0.3 is 10.1 Å². The molecule has 0 aliphatic heterocycles. The lowest BCUT2D eigenvalue weighted by molar-refractivity contribution is -0.385. The second kappa shape index (κ2) is 9.12. The highest BCUT2D eigenvalue weighted by molar-refractivity contribution is 6.09. The van der Waals surface area contributed by atoms with Crippen LogP contribution in [0.2, 0.25) is 0 Å². The van der Waals surface area contributed by atoms with Crippen molar-refractivity contribution in [3.63, 3.8) is 0 Å². The molecule has 0 fully saturated rings. The number of aryl methyl sites for hydroxylation is 1. The van der Waals surface area contributed by atoms with Gasteiger partial charge in [-0.25, -0.2) is 4.98 Å². The molecule has 0 saturated carbocycles. The zero-order chi connectivity index (χ0) is 21.5. The number of nitro groups is 1. The molecule has 0 bridgehead atoms. The molecule has 0 radical (unpaired) electrons. The lowest BCUT2D eigenvalue weighted by Gasteiger charge is -2.06. The molecule has 0 unspecified atom stereocenters. The molecule has 0 atom stereocenters. The Morgan fingerprint density at radius 1 is 1.13 bits per heavy atom. The quantitative estimate of drug-likeness (QED) is 0.279. The number of aromatic nitrogens is 1. The molecule has 30 heavy (non-hydrogen) atoms. The first-order valence-corrected chi connectivity index (χ1v) is 8.83. The van der Waals surface area contributed by atoms with Crippen molar-refractivity contribution in [2.45, 2.75) is 6.92 Å². The van der Waals surface area contributed by atoms with E-state index in [1.54, 1.807) is 36.4 Å². The number of amides is 1. The molecular formula is C22H16N4O4. The summed E-state index contributed by atoms with van der Waals surface area (Å²) < 4.78 is 5.54. The Morgan fingerprint density at radius 3 is 2.40 bits per heavy atom. The third-order valence-corrected chi connectivity index (χ3v) is 4.02. The third kappa shape index (κ3) is 5.27. The van der Waals surface area contributed by atoms with Crippen molar-refractivity contribution in [3.8, 4) is 17.7 Å². The van der Waals surface area contributed by atoms with Gasteiger partial charge >= 0.3 is 0 Å². The van der Waals surface area contributed by atoms with Gasteiger partial charge in [-0.3, -0.25) is 14.9 Å². The predicted molar refractivity (Wildman–Crippen MR) is 111 cm³/mol. The Kier molecular flexibility index (Phi) is 6.15. The van der Waals surface area contributed by atoms with Crippen molar-refractivity contribution in [1.82, 2.24) is 4.98 Å². The van der Waals surface area contributed by atoms with Gasteiger partial charge in [0.1, 0.15) is 23.6 Å². The van der Waals surface area contributed by atoms with Gasteiger partial charge in [0.25, 0.3) is 11.6 Å². The van der Waals surface area contributed by atoms with Gasteiger partial charge in [0.2, 0.25) is 5.88 Å². The minimum Gasteiger partial charge on any atom is -0.439 e. The summed E-state index contributed by atoms with van der Waals surface area (Å²) in [5.41, 5.74) is 2.13. The fraction of sp³-hybridized carbons (Fsp3) is 0.0455. The van der Waals surface area contributed by atoms with Gasteiger partial charge in [-0.05, 0) is 42.8 Å². The van der Waals surface area contributed by atoms with E-state index in [0.29, 0.717) is 17.0 Å². The number of nitrogens with one attached hydrogen (secondary N) is 1. The van der Waals surface area contributed by atoms with Crippen LogP contribution in [0.15, 0.2) is 72.4 Å². The Hall–Kier alpha value is -4.51. The standard InChI is InChI=1S/C22H16N4O4/c1-15-2-6-18(7-3-15)25-22(27)17(13-23)12-16-4-9-20(10-5-16)30-21-11-8-19(14-24-21)26(28)29/h2-12,14H,1H3,(H,25,27). The van der Waals surface area contributed by atoms with Gasteiger partial charge in [0.15, 0.2) is 0 Å². The summed E-state index contributed by atoms with van der Waals surface area (Å²) in [5.74, 6) is 0.159. The molecule has 0 aliphatic rings. The number of hydrogen-bond donors (Lipinski definition) is 1. The van der Waals surface area contributed by atoms with Gasteiger partial charge in [-0.1, -0.05) is 29.8 Å². The Labute approximate surface area is 172 Å². The van der Waals surface area contributed by atoms with Crippen LogP contribution in [0.3, 0.4) is 0 Å². The highest BCUT2D eigenvalue weighted by atomic mass is 16.6. The molecule has 148 valence electrons. The van der Waals surface area contributed by atoms with E-state index in [9.17, 15) is 20.2 Å². The maximum atomic E-state index is 12.3. The van der Waals surface area contributed by atoms with E-state index in [1.165, 1.54) is 18.2 Å². The second-order valence-corrected chi connectivity index (χ2v) is 6.27. The fourth-order valence-corrected chi connectivity index (χ4v) is 2.44. The number of carbonyl (C=O) groups is 1. The highest BCUT2D eigenvalue weighted by Gasteiger charge is 2.10. The van der Waals surface area contributed by atoms with E-state index in [1.807, 2.05) is 25.1 Å². The average molecular weight is 400 g/mol. The third-order valence-electron chi connectivity index (χ3n) is 4.02. The van der Waals surface area contributed by atoms with E-state index in [4.69, 9.17) is 4.74 Å². The summed E-state index contributed by atoms with van der Waals surface area (Å²) in [6.07, 6.45) is 2.58. The highest BCUT2D eigenvalue weighted by Crippen LogP contribution is 2.22. The maximum Gasteiger partial charge on any atom is 0.287 e. The molecule has 1 heterocycles. The minimum absolute atomic E-state index is 0.0405. The SMILES string of the molecule is Cc1ccc(NC(=O)C(C#N)=Cc2ccc(Oc3ccc([N+](=O)[O-])cn3)cc2)cc1. The van der Waals surface area contributed by atoms with Crippen LogP contribution in [0, 0.1) is 28.4 Å². The molecule has 0 spiro atoms. The topological polar surface area (TPSA) is 118 Å². The molecule has 0 aliphatic carbocycles. The predicted octanol–water partition coefficient (Wildman–Crippen LogP) is 4.64. The van der Waals surface area contributed by atoms with Crippen LogP contribution >= 0.6 is 0 Å². The van der Waals surface area contributed by atoms with E-state index in [0.717, 1.165) is 11.8 Å². The number of hydrogen-bond acceptors (Lipinski definition) is 6. The van der Waals surface area contributed by atoms with Crippen molar-refractivity contribution in [2.24, 2.45) is 0 Å². The van der Waals surface area contributed by atoms with Crippen LogP contribution in [0.5, 0.6) is 11.6 Å². The van der Waals surface area contributed by atoms with Crippen molar-refractivity contribution < 1.29 is 14.5 Å². The van der Waals surface area contributed by atoms with Crippen molar-refractivity contribution >= 4 is 23.4 Å². The monoisotopic (exact) mass is 400 g/mol. The number of pyridine rings is 1. The zero-order valence-electron chi connectivity index (χ0n) is 15.9. The van der Waals surface area contributed by atoms with Crippen LogP contribution in [0.1, 0.15) is 11.1 Å².